The topological polar surface area (TPSA) is 65.7 Å². The lowest BCUT2D eigenvalue weighted by Crippen LogP contribution is -2.12. The van der Waals surface area contributed by atoms with Gasteiger partial charge in [-0.25, -0.2) is 14.8 Å². The zero-order chi connectivity index (χ0) is 15.5. The number of aryl methyl sites for hydroxylation is 1. The maximum absolute atomic E-state index is 11.7. The molecular formula is C16H15N3O3. The van der Waals surface area contributed by atoms with E-state index in [4.69, 9.17) is 9.47 Å². The summed E-state index contributed by atoms with van der Waals surface area (Å²) in [5.74, 6) is 0.753. The molecule has 0 fully saturated rings. The molecule has 0 N–H and O–H groups in total. The number of imidazole rings is 1. The van der Waals surface area contributed by atoms with Crippen LogP contribution in [-0.2, 0) is 4.74 Å². The van der Waals surface area contributed by atoms with Crippen molar-refractivity contribution < 1.29 is 14.3 Å². The molecule has 0 saturated carbocycles. The first kappa shape index (κ1) is 14.1. The molecule has 2 aromatic heterocycles. The Morgan fingerprint density at radius 3 is 2.77 bits per heavy atom. The quantitative estimate of drug-likeness (QED) is 0.694. The third-order valence-corrected chi connectivity index (χ3v) is 3.13. The molecule has 3 rings (SSSR count). The summed E-state index contributed by atoms with van der Waals surface area (Å²) in [5, 5.41) is 0. The number of rotatable bonds is 3. The summed E-state index contributed by atoms with van der Waals surface area (Å²) in [7, 11) is 0. The number of benzene rings is 1. The predicted molar refractivity (Wildman–Crippen MR) is 80.8 cm³/mol. The zero-order valence-corrected chi connectivity index (χ0v) is 12.3. The highest BCUT2D eigenvalue weighted by Crippen LogP contribution is 2.30. The molecule has 0 unspecified atom stereocenters. The van der Waals surface area contributed by atoms with E-state index in [9.17, 15) is 4.79 Å². The summed E-state index contributed by atoms with van der Waals surface area (Å²) in [6.07, 6.45) is 2.61. The van der Waals surface area contributed by atoms with E-state index in [0.29, 0.717) is 17.4 Å². The van der Waals surface area contributed by atoms with Gasteiger partial charge in [-0.3, -0.25) is 4.40 Å². The van der Waals surface area contributed by atoms with Gasteiger partial charge in [0.1, 0.15) is 5.69 Å². The Labute approximate surface area is 127 Å². The average Bonchev–Trinajstić information content (AvgIpc) is 2.87. The second kappa shape index (κ2) is 5.85. The van der Waals surface area contributed by atoms with Crippen LogP contribution >= 0.6 is 0 Å². The summed E-state index contributed by atoms with van der Waals surface area (Å²) >= 11 is 0. The summed E-state index contributed by atoms with van der Waals surface area (Å²) in [6.45, 7) is 3.97. The van der Waals surface area contributed by atoms with Gasteiger partial charge in [0.2, 0.25) is 11.7 Å². The van der Waals surface area contributed by atoms with Crippen molar-refractivity contribution in [2.75, 3.05) is 6.61 Å². The number of hydrogen-bond acceptors (Lipinski definition) is 5. The number of aromatic nitrogens is 3. The molecule has 3 aromatic rings. The first-order chi connectivity index (χ1) is 10.7. The van der Waals surface area contributed by atoms with Gasteiger partial charge >= 0.3 is 6.16 Å². The van der Waals surface area contributed by atoms with E-state index in [1.54, 1.807) is 29.8 Å². The molecule has 0 spiro atoms. The third-order valence-electron chi connectivity index (χ3n) is 3.13. The Kier molecular flexibility index (Phi) is 3.74. The molecule has 2 heterocycles. The minimum atomic E-state index is -0.762. The van der Waals surface area contributed by atoms with E-state index < -0.39 is 6.16 Å². The van der Waals surface area contributed by atoms with Gasteiger partial charge in [-0.05, 0) is 19.9 Å². The number of carbonyl (C=O) groups excluding carboxylic acids is 1. The van der Waals surface area contributed by atoms with Crippen molar-refractivity contribution in [2.24, 2.45) is 0 Å². The van der Waals surface area contributed by atoms with Crippen LogP contribution in [0.3, 0.4) is 0 Å². The molecule has 6 heteroatoms. The molecule has 112 valence electrons. The largest absolute Gasteiger partial charge is 0.515 e. The van der Waals surface area contributed by atoms with Crippen molar-refractivity contribution in [1.82, 2.24) is 14.4 Å². The van der Waals surface area contributed by atoms with Gasteiger partial charge in [0.15, 0.2) is 0 Å². The van der Waals surface area contributed by atoms with Gasteiger partial charge in [0.25, 0.3) is 0 Å². The third kappa shape index (κ3) is 2.63. The van der Waals surface area contributed by atoms with Gasteiger partial charge in [-0.15, -0.1) is 0 Å². The maximum atomic E-state index is 11.7. The molecule has 0 aliphatic carbocycles. The van der Waals surface area contributed by atoms with Crippen LogP contribution in [0.15, 0.2) is 42.7 Å². The fourth-order valence-electron chi connectivity index (χ4n) is 2.09. The second-order valence-electron chi connectivity index (χ2n) is 4.71. The smallest absolute Gasteiger partial charge is 0.434 e. The monoisotopic (exact) mass is 297 g/mol. The Hall–Kier alpha value is -2.89. The van der Waals surface area contributed by atoms with Crippen LogP contribution < -0.4 is 4.74 Å². The summed E-state index contributed by atoms with van der Waals surface area (Å²) in [4.78, 5) is 20.3. The average molecular weight is 297 g/mol. The molecule has 0 aliphatic rings. The van der Waals surface area contributed by atoms with Gasteiger partial charge < -0.3 is 9.47 Å². The Morgan fingerprint density at radius 2 is 2.05 bits per heavy atom. The van der Waals surface area contributed by atoms with E-state index in [1.165, 1.54) is 0 Å². The molecule has 0 atom stereocenters. The van der Waals surface area contributed by atoms with Crippen molar-refractivity contribution in [3.05, 3.63) is 48.3 Å². The van der Waals surface area contributed by atoms with Gasteiger partial charge in [-0.2, -0.15) is 0 Å². The zero-order valence-electron chi connectivity index (χ0n) is 12.3. The first-order valence-corrected chi connectivity index (χ1v) is 6.93. The van der Waals surface area contributed by atoms with Crippen molar-refractivity contribution in [2.45, 2.75) is 13.8 Å². The first-order valence-electron chi connectivity index (χ1n) is 6.93. The maximum Gasteiger partial charge on any atom is 0.515 e. The van der Waals surface area contributed by atoms with E-state index in [-0.39, 0.29) is 6.61 Å². The van der Waals surface area contributed by atoms with Crippen molar-refractivity contribution in [3.63, 3.8) is 0 Å². The summed E-state index contributed by atoms with van der Waals surface area (Å²) in [5.41, 5.74) is 2.53. The van der Waals surface area contributed by atoms with Crippen LogP contribution in [0.1, 0.15) is 12.5 Å². The van der Waals surface area contributed by atoms with Crippen molar-refractivity contribution in [3.8, 4) is 17.1 Å². The van der Waals surface area contributed by atoms with Crippen molar-refractivity contribution in [1.29, 1.82) is 0 Å². The SMILES string of the molecule is CCOC(=O)Oc1c(-c2ccc(C)cc2)nc2ncccn12. The van der Waals surface area contributed by atoms with Gasteiger partial charge in [0, 0.05) is 18.0 Å². The van der Waals surface area contributed by atoms with E-state index in [1.807, 2.05) is 31.2 Å². The number of carbonyl (C=O) groups is 1. The van der Waals surface area contributed by atoms with Crippen LogP contribution in [0.5, 0.6) is 5.88 Å². The Balaban J connectivity index is 2.11. The molecule has 0 aliphatic heterocycles. The fraction of sp³-hybridized carbons (Fsp3) is 0.188. The molecule has 1 aromatic carbocycles. The van der Waals surface area contributed by atoms with Crippen LogP contribution in [0, 0.1) is 6.92 Å². The highest BCUT2D eigenvalue weighted by Gasteiger charge is 2.19. The molecule has 6 nitrogen and oxygen atoms in total. The normalized spacial score (nSPS) is 10.6. The van der Waals surface area contributed by atoms with Gasteiger partial charge in [-0.1, -0.05) is 29.8 Å². The van der Waals surface area contributed by atoms with Crippen LogP contribution in [0.2, 0.25) is 0 Å². The fourth-order valence-corrected chi connectivity index (χ4v) is 2.09. The van der Waals surface area contributed by atoms with Gasteiger partial charge in [0.05, 0.1) is 6.61 Å². The van der Waals surface area contributed by atoms with Crippen LogP contribution in [0.25, 0.3) is 17.0 Å². The predicted octanol–water partition coefficient (Wildman–Crippen LogP) is 3.24. The molecule has 0 radical (unpaired) electrons. The number of hydrogen-bond donors (Lipinski definition) is 0. The number of ether oxygens (including phenoxy) is 2. The lowest BCUT2D eigenvalue weighted by molar-refractivity contribution is 0.102. The van der Waals surface area contributed by atoms with Crippen LogP contribution in [-0.4, -0.2) is 27.1 Å². The second-order valence-corrected chi connectivity index (χ2v) is 4.71. The van der Waals surface area contributed by atoms with E-state index in [2.05, 4.69) is 9.97 Å². The van der Waals surface area contributed by atoms with Crippen LogP contribution in [0.4, 0.5) is 4.79 Å². The molecular weight excluding hydrogens is 282 g/mol. The summed E-state index contributed by atoms with van der Waals surface area (Å²) < 4.78 is 11.8. The Bertz CT molecular complexity index is 809. The summed E-state index contributed by atoms with van der Waals surface area (Å²) in [6, 6.07) is 9.54. The number of fused-ring (bicyclic) bond motifs is 1. The highest BCUT2D eigenvalue weighted by atomic mass is 16.7. The standard InChI is InChI=1S/C16H15N3O3/c1-3-21-16(20)22-14-13(12-7-5-11(2)6-8-12)18-15-17-9-4-10-19(14)15/h4-10H,3H2,1-2H3. The molecule has 22 heavy (non-hydrogen) atoms. The minimum absolute atomic E-state index is 0.244. The molecule has 0 amide bonds. The Morgan fingerprint density at radius 1 is 1.27 bits per heavy atom. The van der Waals surface area contributed by atoms with E-state index in [0.717, 1.165) is 11.1 Å². The minimum Gasteiger partial charge on any atom is -0.434 e. The molecule has 0 saturated heterocycles. The van der Waals surface area contributed by atoms with E-state index >= 15 is 0 Å². The lowest BCUT2D eigenvalue weighted by Gasteiger charge is -2.06. The number of nitrogens with zero attached hydrogens (tertiary/aromatic N) is 3. The highest BCUT2D eigenvalue weighted by molar-refractivity contribution is 5.73. The molecule has 0 bridgehead atoms. The lowest BCUT2D eigenvalue weighted by atomic mass is 10.1. The van der Waals surface area contributed by atoms with Crippen molar-refractivity contribution >= 4 is 11.9 Å².